The highest BCUT2D eigenvalue weighted by Gasteiger charge is 2.12. The normalized spacial score (nSPS) is 10.3. The molecular formula is C16H16BrIN2O. The number of carbonyl (C=O) groups excluding carboxylic acids is 1. The molecule has 110 valence electrons. The summed E-state index contributed by atoms with van der Waals surface area (Å²) < 4.78 is 1.82. The van der Waals surface area contributed by atoms with Gasteiger partial charge in [0.15, 0.2) is 0 Å². The summed E-state index contributed by atoms with van der Waals surface area (Å²) in [6.07, 6.45) is 0. The maximum Gasteiger partial charge on any atom is 0.256 e. The van der Waals surface area contributed by atoms with Crippen LogP contribution in [0.1, 0.15) is 15.9 Å². The Morgan fingerprint density at radius 1 is 1.19 bits per heavy atom. The number of halogens is 2. The molecule has 0 aliphatic carbocycles. The van der Waals surface area contributed by atoms with Gasteiger partial charge in [0, 0.05) is 33.5 Å². The van der Waals surface area contributed by atoms with Gasteiger partial charge in [-0.05, 0) is 81.3 Å². The Balaban J connectivity index is 2.27. The lowest BCUT2D eigenvalue weighted by molar-refractivity contribution is 0.102. The van der Waals surface area contributed by atoms with Crippen LogP contribution in [0.4, 0.5) is 11.4 Å². The lowest BCUT2D eigenvalue weighted by Gasteiger charge is -2.17. The number of aryl methyl sites for hydroxylation is 1. The first-order chi connectivity index (χ1) is 9.88. The standard InChI is InChI=1S/C16H16BrIN2O/c1-10-4-6-12(9-15(10)20(2)3)19-16(21)13-8-11(18)5-7-14(13)17/h4-9H,1-3H3,(H,19,21). The van der Waals surface area contributed by atoms with Crippen LogP contribution < -0.4 is 10.2 Å². The van der Waals surface area contributed by atoms with Gasteiger partial charge < -0.3 is 10.2 Å². The van der Waals surface area contributed by atoms with E-state index in [0.29, 0.717) is 5.56 Å². The van der Waals surface area contributed by atoms with Crippen LogP contribution in [-0.2, 0) is 0 Å². The first-order valence-corrected chi connectivity index (χ1v) is 8.30. The maximum absolute atomic E-state index is 12.4. The first kappa shape index (κ1) is 16.3. The lowest BCUT2D eigenvalue weighted by Crippen LogP contribution is -2.14. The monoisotopic (exact) mass is 458 g/mol. The van der Waals surface area contributed by atoms with Crippen LogP contribution in [0.2, 0.25) is 0 Å². The predicted molar refractivity (Wildman–Crippen MR) is 100 cm³/mol. The van der Waals surface area contributed by atoms with Crippen molar-refractivity contribution in [3.63, 3.8) is 0 Å². The fraction of sp³-hybridized carbons (Fsp3) is 0.188. The maximum atomic E-state index is 12.4. The quantitative estimate of drug-likeness (QED) is 0.677. The Hall–Kier alpha value is -1.08. The van der Waals surface area contributed by atoms with E-state index in [2.05, 4.69) is 50.8 Å². The summed E-state index contributed by atoms with van der Waals surface area (Å²) in [7, 11) is 3.98. The number of carbonyl (C=O) groups is 1. The topological polar surface area (TPSA) is 32.3 Å². The van der Waals surface area contributed by atoms with Crippen LogP contribution in [0.5, 0.6) is 0 Å². The minimum Gasteiger partial charge on any atom is -0.377 e. The third-order valence-corrected chi connectivity index (χ3v) is 4.48. The number of hydrogen-bond donors (Lipinski definition) is 1. The van der Waals surface area contributed by atoms with Gasteiger partial charge in [0.2, 0.25) is 0 Å². The van der Waals surface area contributed by atoms with E-state index in [9.17, 15) is 4.79 Å². The van der Waals surface area contributed by atoms with Crippen molar-refractivity contribution in [2.24, 2.45) is 0 Å². The van der Waals surface area contributed by atoms with E-state index < -0.39 is 0 Å². The van der Waals surface area contributed by atoms with Crippen LogP contribution in [0, 0.1) is 10.5 Å². The van der Waals surface area contributed by atoms with Gasteiger partial charge in [-0.1, -0.05) is 6.07 Å². The number of nitrogens with one attached hydrogen (secondary N) is 1. The van der Waals surface area contributed by atoms with Gasteiger partial charge in [0.1, 0.15) is 0 Å². The highest BCUT2D eigenvalue weighted by Crippen LogP contribution is 2.24. The third kappa shape index (κ3) is 3.97. The van der Waals surface area contributed by atoms with Crippen LogP contribution in [-0.4, -0.2) is 20.0 Å². The van der Waals surface area contributed by atoms with Crippen molar-refractivity contribution in [1.82, 2.24) is 0 Å². The molecule has 0 aliphatic rings. The zero-order chi connectivity index (χ0) is 15.6. The molecule has 21 heavy (non-hydrogen) atoms. The molecule has 0 unspecified atom stereocenters. The van der Waals surface area contributed by atoms with E-state index in [1.807, 2.05) is 55.4 Å². The summed E-state index contributed by atoms with van der Waals surface area (Å²) in [5, 5.41) is 2.95. The zero-order valence-electron chi connectivity index (χ0n) is 12.1. The molecule has 0 radical (unpaired) electrons. The number of rotatable bonds is 3. The van der Waals surface area contributed by atoms with Gasteiger partial charge in [0.25, 0.3) is 5.91 Å². The Kier molecular flexibility index (Phi) is 5.27. The second-order valence-electron chi connectivity index (χ2n) is 4.97. The van der Waals surface area contributed by atoms with E-state index in [1.165, 1.54) is 5.56 Å². The summed E-state index contributed by atoms with van der Waals surface area (Å²) >= 11 is 5.62. The van der Waals surface area contributed by atoms with Gasteiger partial charge in [-0.15, -0.1) is 0 Å². The molecule has 1 amide bonds. The zero-order valence-corrected chi connectivity index (χ0v) is 15.8. The molecule has 2 aromatic rings. The molecule has 0 heterocycles. The fourth-order valence-electron chi connectivity index (χ4n) is 2.04. The molecule has 2 rings (SSSR count). The minimum absolute atomic E-state index is 0.117. The smallest absolute Gasteiger partial charge is 0.256 e. The Labute approximate surface area is 147 Å². The average Bonchev–Trinajstić information content (AvgIpc) is 2.43. The summed E-state index contributed by atoms with van der Waals surface area (Å²) in [5.41, 5.74) is 3.69. The van der Waals surface area contributed by atoms with Crippen molar-refractivity contribution in [3.8, 4) is 0 Å². The van der Waals surface area contributed by atoms with Crippen molar-refractivity contribution in [2.45, 2.75) is 6.92 Å². The van der Waals surface area contributed by atoms with Gasteiger partial charge in [-0.3, -0.25) is 4.79 Å². The molecule has 0 atom stereocenters. The summed E-state index contributed by atoms with van der Waals surface area (Å²) in [4.78, 5) is 14.4. The minimum atomic E-state index is -0.117. The van der Waals surface area contributed by atoms with E-state index in [4.69, 9.17) is 0 Å². The van der Waals surface area contributed by atoms with Crippen LogP contribution >= 0.6 is 38.5 Å². The number of nitrogens with zero attached hydrogens (tertiary/aromatic N) is 1. The first-order valence-electron chi connectivity index (χ1n) is 6.43. The van der Waals surface area contributed by atoms with Crippen LogP contribution in [0.15, 0.2) is 40.9 Å². The Morgan fingerprint density at radius 3 is 2.57 bits per heavy atom. The van der Waals surface area contributed by atoms with Crippen LogP contribution in [0.3, 0.4) is 0 Å². The molecule has 0 bridgehead atoms. The summed E-state index contributed by atoms with van der Waals surface area (Å²) in [6.45, 7) is 2.05. The summed E-state index contributed by atoms with van der Waals surface area (Å²) in [6, 6.07) is 11.6. The van der Waals surface area contributed by atoms with Crippen molar-refractivity contribution in [3.05, 3.63) is 55.6 Å². The third-order valence-electron chi connectivity index (χ3n) is 3.12. The molecule has 1 N–H and O–H groups in total. The van der Waals surface area contributed by atoms with Gasteiger partial charge >= 0.3 is 0 Å². The Morgan fingerprint density at radius 2 is 1.90 bits per heavy atom. The van der Waals surface area contributed by atoms with Crippen molar-refractivity contribution in [2.75, 3.05) is 24.3 Å². The van der Waals surface area contributed by atoms with Crippen molar-refractivity contribution in [1.29, 1.82) is 0 Å². The molecule has 0 fully saturated rings. The van der Waals surface area contributed by atoms with E-state index >= 15 is 0 Å². The highest BCUT2D eigenvalue weighted by molar-refractivity contribution is 14.1. The lowest BCUT2D eigenvalue weighted by atomic mass is 10.1. The molecule has 0 spiro atoms. The number of anilines is 2. The van der Waals surface area contributed by atoms with Gasteiger partial charge in [0.05, 0.1) is 5.56 Å². The molecule has 0 aliphatic heterocycles. The molecular weight excluding hydrogens is 443 g/mol. The highest BCUT2D eigenvalue weighted by atomic mass is 127. The van der Waals surface area contributed by atoms with E-state index in [1.54, 1.807) is 0 Å². The SMILES string of the molecule is Cc1ccc(NC(=O)c2cc(I)ccc2Br)cc1N(C)C. The molecule has 0 aromatic heterocycles. The number of hydrogen-bond acceptors (Lipinski definition) is 2. The van der Waals surface area contributed by atoms with E-state index in [0.717, 1.165) is 19.4 Å². The van der Waals surface area contributed by atoms with Crippen molar-refractivity contribution < 1.29 is 4.79 Å². The Bertz CT molecular complexity index is 686. The van der Waals surface area contributed by atoms with E-state index in [-0.39, 0.29) is 5.91 Å². The molecule has 0 saturated carbocycles. The fourth-order valence-corrected chi connectivity index (χ4v) is 2.96. The second kappa shape index (κ2) is 6.79. The van der Waals surface area contributed by atoms with Gasteiger partial charge in [-0.2, -0.15) is 0 Å². The predicted octanol–water partition coefficient (Wildman–Crippen LogP) is 4.68. The molecule has 3 nitrogen and oxygen atoms in total. The molecule has 0 saturated heterocycles. The summed E-state index contributed by atoms with van der Waals surface area (Å²) in [5.74, 6) is -0.117. The van der Waals surface area contributed by atoms with Crippen molar-refractivity contribution >= 4 is 55.8 Å². The number of amides is 1. The largest absolute Gasteiger partial charge is 0.377 e. The molecule has 2 aromatic carbocycles. The average molecular weight is 459 g/mol. The molecule has 5 heteroatoms. The van der Waals surface area contributed by atoms with Crippen LogP contribution in [0.25, 0.3) is 0 Å². The second-order valence-corrected chi connectivity index (χ2v) is 7.07. The number of benzene rings is 2. The van der Waals surface area contributed by atoms with Gasteiger partial charge in [-0.25, -0.2) is 0 Å².